The molecule has 0 spiro atoms. The maximum Gasteiger partial charge on any atom is 0.385 e. The van der Waals surface area contributed by atoms with E-state index < -0.39 is 0 Å². The first-order valence-electron chi connectivity index (χ1n) is 7.44. The smallest absolute Gasteiger partial charge is 0.385 e. The van der Waals surface area contributed by atoms with Gasteiger partial charge in [-0.25, -0.2) is 0 Å². The van der Waals surface area contributed by atoms with Crippen molar-refractivity contribution in [3.8, 4) is 5.75 Å². The zero-order chi connectivity index (χ0) is 13.8. The van der Waals surface area contributed by atoms with Crippen LogP contribution in [-0.4, -0.2) is 6.61 Å². The molecular weight excluding hydrogens is 272 g/mol. The molecule has 0 radical (unpaired) electrons. The molecule has 4 heteroatoms. The summed E-state index contributed by atoms with van der Waals surface area (Å²) in [4.78, 5) is 3.11. The van der Waals surface area contributed by atoms with Crippen LogP contribution >= 0.6 is 0 Å². The summed E-state index contributed by atoms with van der Waals surface area (Å²) in [5.74, 6) is 0.843. The number of hydrogen-bond donors (Lipinski definition) is 0. The second kappa shape index (κ2) is 12.7. The minimum atomic E-state index is 0. The van der Waals surface area contributed by atoms with Gasteiger partial charge in [-0.2, -0.15) is 0 Å². The Hall–Kier alpha value is -1.27. The number of hydrogen-bond acceptors (Lipinski definition) is 2. The van der Waals surface area contributed by atoms with Gasteiger partial charge in [-0.15, -0.1) is 0 Å². The van der Waals surface area contributed by atoms with Crippen molar-refractivity contribution < 1.29 is 17.1 Å². The van der Waals surface area contributed by atoms with Gasteiger partial charge < -0.3 is 17.1 Å². The van der Waals surface area contributed by atoms with E-state index in [1.807, 2.05) is 12.1 Å². The molecule has 1 aromatic rings. The van der Waals surface area contributed by atoms with Crippen molar-refractivity contribution in [3.63, 3.8) is 0 Å². The predicted molar refractivity (Wildman–Crippen MR) is 79.3 cm³/mol. The Morgan fingerprint density at radius 1 is 0.900 bits per heavy atom. The second-order valence-electron chi connectivity index (χ2n) is 4.92. The predicted octanol–water partition coefficient (Wildman–Crippen LogP) is 2.69. The highest BCUT2D eigenvalue weighted by Crippen LogP contribution is 2.18. The number of rotatable bonds is 10. The van der Waals surface area contributed by atoms with Crippen molar-refractivity contribution in [2.24, 2.45) is 0 Å². The summed E-state index contributed by atoms with van der Waals surface area (Å²) < 4.78 is 5.63. The molecule has 0 aromatic heterocycles. The molecule has 0 fully saturated rings. The highest BCUT2D eigenvalue weighted by atomic mass is 35.5. The van der Waals surface area contributed by atoms with E-state index in [-0.39, 0.29) is 12.4 Å². The summed E-state index contributed by atoms with van der Waals surface area (Å²) >= 11 is 0. The molecule has 3 nitrogen and oxygen atoms in total. The molecule has 20 heavy (non-hydrogen) atoms. The maximum absolute atomic E-state index is 8.56. The van der Waals surface area contributed by atoms with E-state index in [0.29, 0.717) is 5.69 Å². The van der Waals surface area contributed by atoms with Crippen LogP contribution in [0.1, 0.15) is 58.3 Å². The van der Waals surface area contributed by atoms with Crippen LogP contribution in [0, 0.1) is 5.39 Å². The second-order valence-corrected chi connectivity index (χ2v) is 4.92. The van der Waals surface area contributed by atoms with Crippen LogP contribution in [-0.2, 0) is 0 Å². The summed E-state index contributed by atoms with van der Waals surface area (Å²) in [6.45, 7) is 3.02. The largest absolute Gasteiger partial charge is 1.00 e. The fraction of sp³-hybridized carbons (Fsp3) is 0.625. The number of diazo groups is 1. The van der Waals surface area contributed by atoms with Crippen LogP contribution < -0.4 is 17.1 Å². The quantitative estimate of drug-likeness (QED) is 0.492. The van der Waals surface area contributed by atoms with E-state index >= 15 is 0 Å². The minimum absolute atomic E-state index is 0. The van der Waals surface area contributed by atoms with Gasteiger partial charge in [0.05, 0.1) is 6.61 Å². The van der Waals surface area contributed by atoms with Crippen molar-refractivity contribution in [1.82, 2.24) is 0 Å². The Kier molecular flexibility index (Phi) is 11.9. The van der Waals surface area contributed by atoms with E-state index in [9.17, 15) is 0 Å². The lowest BCUT2D eigenvalue weighted by molar-refractivity contribution is -0.00000478. The molecule has 112 valence electrons. The lowest BCUT2D eigenvalue weighted by atomic mass is 10.1. The molecule has 0 amide bonds. The molecule has 0 heterocycles. The summed E-state index contributed by atoms with van der Waals surface area (Å²) in [5, 5.41) is 8.56. The summed E-state index contributed by atoms with van der Waals surface area (Å²) in [7, 11) is 0. The average molecular weight is 297 g/mol. The van der Waals surface area contributed by atoms with Crippen molar-refractivity contribution in [2.45, 2.75) is 58.3 Å². The van der Waals surface area contributed by atoms with Crippen molar-refractivity contribution >= 4 is 5.69 Å². The molecule has 0 atom stereocenters. The third-order valence-electron chi connectivity index (χ3n) is 3.22. The first kappa shape index (κ1) is 18.7. The summed E-state index contributed by atoms with van der Waals surface area (Å²) in [5.41, 5.74) is 0.555. The van der Waals surface area contributed by atoms with Gasteiger partial charge in [-0.1, -0.05) is 51.9 Å². The van der Waals surface area contributed by atoms with E-state index in [1.165, 1.54) is 44.9 Å². The molecule has 1 rings (SSSR count). The first-order chi connectivity index (χ1) is 9.36. The molecule has 0 aliphatic heterocycles. The number of unbranched alkanes of at least 4 members (excludes halogenated alkanes) is 7. The molecule has 0 aliphatic carbocycles. The van der Waals surface area contributed by atoms with E-state index in [0.717, 1.165) is 18.8 Å². The highest BCUT2D eigenvalue weighted by molar-refractivity contribution is 5.46. The third-order valence-corrected chi connectivity index (χ3v) is 3.22. The Balaban J connectivity index is 0.00000361. The zero-order valence-electron chi connectivity index (χ0n) is 12.4. The molecule has 1 aromatic carbocycles. The van der Waals surface area contributed by atoms with Crippen LogP contribution in [0.3, 0.4) is 0 Å². The van der Waals surface area contributed by atoms with Gasteiger partial charge in [0.15, 0.2) is 4.98 Å². The SMILES string of the molecule is CCCCCCCCCCOc1ccc([N+]#N)cc1.[Cl-]. The number of halogens is 1. The van der Waals surface area contributed by atoms with Crippen LogP contribution in [0.15, 0.2) is 24.3 Å². The van der Waals surface area contributed by atoms with Crippen LogP contribution in [0.2, 0.25) is 0 Å². The van der Waals surface area contributed by atoms with Crippen molar-refractivity contribution in [2.75, 3.05) is 6.61 Å². The lowest BCUT2D eigenvalue weighted by Crippen LogP contribution is -3.00. The van der Waals surface area contributed by atoms with Gasteiger partial charge in [-0.05, 0) is 18.6 Å². The average Bonchev–Trinajstić information content (AvgIpc) is 2.46. The molecular formula is C16H25ClN2O. The fourth-order valence-corrected chi connectivity index (χ4v) is 2.03. The highest BCUT2D eigenvalue weighted by Gasteiger charge is 2.02. The molecule has 0 N–H and O–H groups in total. The Morgan fingerprint density at radius 2 is 1.45 bits per heavy atom. The first-order valence-corrected chi connectivity index (χ1v) is 7.44. The molecule has 0 aliphatic rings. The van der Waals surface area contributed by atoms with Crippen molar-refractivity contribution in [1.29, 1.82) is 5.39 Å². The Bertz CT molecular complexity index is 373. The van der Waals surface area contributed by atoms with Gasteiger partial charge in [0.1, 0.15) is 5.75 Å². The maximum atomic E-state index is 8.56. The van der Waals surface area contributed by atoms with Crippen LogP contribution in [0.25, 0.3) is 4.98 Å². The van der Waals surface area contributed by atoms with E-state index in [4.69, 9.17) is 10.1 Å². The number of ether oxygens (including phenoxy) is 1. The number of benzene rings is 1. The Morgan fingerprint density at radius 3 is 2.00 bits per heavy atom. The van der Waals surface area contributed by atoms with Gasteiger partial charge in [0, 0.05) is 12.1 Å². The molecule has 0 bridgehead atoms. The standard InChI is InChI=1S/C16H25N2O.ClH/c1-2-3-4-5-6-7-8-9-14-19-16-12-10-15(18-17)11-13-16;/h10-13H,2-9,14H2,1H3;1H/q+1;/p-1. The topological polar surface area (TPSA) is 37.4 Å². The van der Waals surface area contributed by atoms with Gasteiger partial charge >= 0.3 is 5.69 Å². The van der Waals surface area contributed by atoms with Gasteiger partial charge in [0.2, 0.25) is 5.39 Å². The zero-order valence-corrected chi connectivity index (χ0v) is 13.1. The number of nitrogens with zero attached hydrogens (tertiary/aromatic N) is 2. The van der Waals surface area contributed by atoms with E-state index in [1.54, 1.807) is 12.1 Å². The van der Waals surface area contributed by atoms with Gasteiger partial charge in [-0.3, -0.25) is 0 Å². The lowest BCUT2D eigenvalue weighted by Gasteiger charge is -2.05. The van der Waals surface area contributed by atoms with Crippen molar-refractivity contribution in [3.05, 3.63) is 29.2 Å². The molecule has 0 saturated heterocycles. The Labute approximate surface area is 128 Å². The fourth-order valence-electron chi connectivity index (χ4n) is 2.03. The summed E-state index contributed by atoms with van der Waals surface area (Å²) in [6.07, 6.45) is 10.5. The monoisotopic (exact) mass is 296 g/mol. The van der Waals surface area contributed by atoms with E-state index in [2.05, 4.69) is 11.9 Å². The molecule has 0 unspecified atom stereocenters. The minimum Gasteiger partial charge on any atom is -1.00 e. The van der Waals surface area contributed by atoms with Crippen LogP contribution in [0.4, 0.5) is 5.69 Å². The van der Waals surface area contributed by atoms with Gasteiger partial charge in [0.25, 0.3) is 0 Å². The van der Waals surface area contributed by atoms with Crippen LogP contribution in [0.5, 0.6) is 5.75 Å². The normalized spacial score (nSPS) is 9.60. The summed E-state index contributed by atoms with van der Waals surface area (Å²) in [6, 6.07) is 7.14. The third kappa shape index (κ3) is 8.77. The molecule has 0 saturated carbocycles.